The number of carbonyl (C=O) groups is 3. The van der Waals surface area contributed by atoms with E-state index < -0.39 is 35.9 Å². The molecule has 2 aromatic rings. The molecule has 0 bridgehead atoms. The highest BCUT2D eigenvalue weighted by molar-refractivity contribution is 5.92. The predicted molar refractivity (Wildman–Crippen MR) is 131 cm³/mol. The molecule has 0 aliphatic heterocycles. The number of nitrogen functional groups attached to an aromatic ring is 1. The number of amides is 2. The van der Waals surface area contributed by atoms with Gasteiger partial charge in [0, 0.05) is 12.1 Å². The quantitative estimate of drug-likeness (QED) is 0.166. The van der Waals surface area contributed by atoms with Crippen molar-refractivity contribution in [3.05, 3.63) is 65.7 Å². The van der Waals surface area contributed by atoms with Crippen molar-refractivity contribution >= 4 is 23.5 Å². The number of unbranched alkanes of at least 4 members (excludes halogenated alkanes) is 1. The number of anilines is 1. The number of rotatable bonds is 13. The predicted octanol–water partition coefficient (Wildman–Crippen LogP) is 1.00. The summed E-state index contributed by atoms with van der Waals surface area (Å²) in [7, 11) is 0. The zero-order valence-electron chi connectivity index (χ0n) is 19.5. The molecular weight excluding hydrogens is 434 g/mol. The van der Waals surface area contributed by atoms with E-state index in [0.717, 1.165) is 11.1 Å². The van der Waals surface area contributed by atoms with Crippen LogP contribution in [0.1, 0.15) is 37.3 Å². The maximum Gasteiger partial charge on any atom is 0.328 e. The Kier molecular flexibility index (Phi) is 11.0. The van der Waals surface area contributed by atoms with Gasteiger partial charge in [-0.15, -0.1) is 0 Å². The summed E-state index contributed by atoms with van der Waals surface area (Å²) < 4.78 is 5.45. The number of ether oxygens (including phenoxy) is 1. The minimum Gasteiger partial charge on any atom is -0.459 e. The van der Waals surface area contributed by atoms with E-state index in [1.54, 1.807) is 24.3 Å². The van der Waals surface area contributed by atoms with Gasteiger partial charge in [-0.1, -0.05) is 42.5 Å². The van der Waals surface area contributed by atoms with Crippen LogP contribution < -0.4 is 27.8 Å². The van der Waals surface area contributed by atoms with Gasteiger partial charge in [-0.2, -0.15) is 0 Å². The number of nitrogens with two attached hydrogens (primary N) is 3. The fourth-order valence-corrected chi connectivity index (χ4v) is 3.25. The zero-order chi connectivity index (χ0) is 24.9. The van der Waals surface area contributed by atoms with Crippen LogP contribution in [0, 0.1) is 0 Å². The molecule has 3 atom stereocenters. The number of benzene rings is 2. The lowest BCUT2D eigenvalue weighted by Gasteiger charge is -2.23. The van der Waals surface area contributed by atoms with Gasteiger partial charge >= 0.3 is 5.97 Å². The Balaban J connectivity index is 2.10. The molecule has 9 heteroatoms. The van der Waals surface area contributed by atoms with Crippen molar-refractivity contribution in [2.75, 3.05) is 12.3 Å². The Morgan fingerprint density at radius 2 is 1.53 bits per heavy atom. The third kappa shape index (κ3) is 9.21. The average Bonchev–Trinajstić information content (AvgIpc) is 2.83. The SMILES string of the molecule is C[C@@H](N)C(=O)N[C@@H](Cc1ccccc1)C(=O)N[C@@H](CCCCN)C(=O)OCc1ccc(N)cc1. The fourth-order valence-electron chi connectivity index (χ4n) is 3.25. The second-order valence-electron chi connectivity index (χ2n) is 8.23. The van der Waals surface area contributed by atoms with Gasteiger partial charge in [0.15, 0.2) is 0 Å². The van der Waals surface area contributed by atoms with Crippen LogP contribution in [0.25, 0.3) is 0 Å². The Morgan fingerprint density at radius 3 is 2.15 bits per heavy atom. The lowest BCUT2D eigenvalue weighted by Crippen LogP contribution is -2.55. The molecule has 0 saturated heterocycles. The minimum absolute atomic E-state index is 0.0528. The fraction of sp³-hybridized carbons (Fsp3) is 0.400. The van der Waals surface area contributed by atoms with Gasteiger partial charge in [0.1, 0.15) is 18.7 Å². The molecule has 8 N–H and O–H groups in total. The van der Waals surface area contributed by atoms with Crippen LogP contribution in [-0.4, -0.2) is 42.5 Å². The van der Waals surface area contributed by atoms with Gasteiger partial charge in [0.2, 0.25) is 11.8 Å². The maximum atomic E-state index is 13.2. The third-order valence-corrected chi connectivity index (χ3v) is 5.24. The number of esters is 1. The summed E-state index contributed by atoms with van der Waals surface area (Å²) in [5, 5.41) is 5.44. The molecule has 0 saturated carbocycles. The van der Waals surface area contributed by atoms with Gasteiger partial charge in [-0.25, -0.2) is 4.79 Å². The first-order valence-electron chi connectivity index (χ1n) is 11.4. The molecule has 0 fully saturated rings. The van der Waals surface area contributed by atoms with Crippen molar-refractivity contribution in [3.63, 3.8) is 0 Å². The van der Waals surface area contributed by atoms with E-state index >= 15 is 0 Å². The summed E-state index contributed by atoms with van der Waals surface area (Å²) in [6, 6.07) is 13.7. The molecule has 2 rings (SSSR count). The van der Waals surface area contributed by atoms with E-state index in [1.807, 2.05) is 30.3 Å². The molecule has 0 heterocycles. The molecule has 2 amide bonds. The smallest absolute Gasteiger partial charge is 0.328 e. The standard InChI is InChI=1S/C25H35N5O4/c1-17(27)23(31)30-22(15-18-7-3-2-4-8-18)24(32)29-21(9-5-6-14-26)25(33)34-16-19-10-12-20(28)13-11-19/h2-4,7-8,10-13,17,21-22H,5-6,9,14-16,26-28H2,1H3,(H,29,32)(H,30,31)/t17-,21+,22+/m1/s1. The molecule has 0 spiro atoms. The normalized spacial score (nSPS) is 13.4. The second-order valence-corrected chi connectivity index (χ2v) is 8.23. The van der Waals surface area contributed by atoms with Crippen molar-refractivity contribution in [3.8, 4) is 0 Å². The number of hydrogen-bond donors (Lipinski definition) is 5. The van der Waals surface area contributed by atoms with Crippen LogP contribution >= 0.6 is 0 Å². The Labute approximate surface area is 200 Å². The summed E-state index contributed by atoms with van der Waals surface area (Å²) in [4.78, 5) is 38.2. The van der Waals surface area contributed by atoms with Crippen LogP contribution in [0.2, 0.25) is 0 Å². The largest absolute Gasteiger partial charge is 0.459 e. The first kappa shape index (κ1) is 26.8. The first-order valence-corrected chi connectivity index (χ1v) is 11.4. The highest BCUT2D eigenvalue weighted by Crippen LogP contribution is 2.10. The van der Waals surface area contributed by atoms with Crippen LogP contribution in [0.15, 0.2) is 54.6 Å². The monoisotopic (exact) mass is 469 g/mol. The Bertz CT molecular complexity index is 919. The van der Waals surface area contributed by atoms with E-state index in [1.165, 1.54) is 6.92 Å². The number of nitrogens with one attached hydrogen (secondary N) is 2. The molecule has 0 aliphatic rings. The van der Waals surface area contributed by atoms with Gasteiger partial charge < -0.3 is 32.6 Å². The topological polar surface area (TPSA) is 163 Å². The molecule has 184 valence electrons. The van der Waals surface area contributed by atoms with Gasteiger partial charge in [0.05, 0.1) is 6.04 Å². The van der Waals surface area contributed by atoms with Crippen molar-refractivity contribution in [1.82, 2.24) is 10.6 Å². The summed E-state index contributed by atoms with van der Waals surface area (Å²) in [6.45, 7) is 2.07. The van der Waals surface area contributed by atoms with Crippen molar-refractivity contribution in [2.24, 2.45) is 11.5 Å². The van der Waals surface area contributed by atoms with Crippen molar-refractivity contribution < 1.29 is 19.1 Å². The molecule has 0 unspecified atom stereocenters. The van der Waals surface area contributed by atoms with Crippen molar-refractivity contribution in [2.45, 2.75) is 57.3 Å². The summed E-state index contributed by atoms with van der Waals surface area (Å²) in [5.74, 6) is -1.50. The zero-order valence-corrected chi connectivity index (χ0v) is 19.5. The van der Waals surface area contributed by atoms with Gasteiger partial charge in [-0.05, 0) is 56.0 Å². The number of carbonyl (C=O) groups excluding carboxylic acids is 3. The summed E-state index contributed by atoms with van der Waals surface area (Å²) in [5.41, 5.74) is 19.2. The summed E-state index contributed by atoms with van der Waals surface area (Å²) >= 11 is 0. The lowest BCUT2D eigenvalue weighted by atomic mass is 10.0. The van der Waals surface area contributed by atoms with Gasteiger partial charge in [0.25, 0.3) is 0 Å². The molecule has 34 heavy (non-hydrogen) atoms. The lowest BCUT2D eigenvalue weighted by molar-refractivity contribution is -0.149. The maximum absolute atomic E-state index is 13.2. The highest BCUT2D eigenvalue weighted by Gasteiger charge is 2.28. The van der Waals surface area contributed by atoms with Crippen LogP contribution in [0.3, 0.4) is 0 Å². The van der Waals surface area contributed by atoms with Gasteiger partial charge in [-0.3, -0.25) is 9.59 Å². The Morgan fingerprint density at radius 1 is 0.882 bits per heavy atom. The highest BCUT2D eigenvalue weighted by atomic mass is 16.5. The second kappa shape index (κ2) is 14.0. The average molecular weight is 470 g/mol. The van der Waals surface area contributed by atoms with Crippen LogP contribution in [-0.2, 0) is 32.1 Å². The minimum atomic E-state index is -0.900. The Hall–Kier alpha value is -3.43. The van der Waals surface area contributed by atoms with Crippen LogP contribution in [0.4, 0.5) is 5.69 Å². The summed E-state index contributed by atoms with van der Waals surface area (Å²) in [6.07, 6.45) is 1.95. The number of hydrogen-bond acceptors (Lipinski definition) is 7. The van der Waals surface area contributed by atoms with E-state index in [0.29, 0.717) is 31.5 Å². The van der Waals surface area contributed by atoms with E-state index in [2.05, 4.69) is 10.6 Å². The van der Waals surface area contributed by atoms with Crippen LogP contribution in [0.5, 0.6) is 0 Å². The van der Waals surface area contributed by atoms with E-state index in [9.17, 15) is 14.4 Å². The molecule has 0 aromatic heterocycles. The third-order valence-electron chi connectivity index (χ3n) is 5.24. The first-order chi connectivity index (χ1) is 16.3. The molecular formula is C25H35N5O4. The molecule has 9 nitrogen and oxygen atoms in total. The van der Waals surface area contributed by atoms with E-state index in [4.69, 9.17) is 21.9 Å². The van der Waals surface area contributed by atoms with E-state index in [-0.39, 0.29) is 13.0 Å². The molecule has 2 aromatic carbocycles. The van der Waals surface area contributed by atoms with Crippen molar-refractivity contribution in [1.29, 1.82) is 0 Å². The molecule has 0 aliphatic carbocycles. The molecule has 0 radical (unpaired) electrons.